The minimum atomic E-state index is -0.969. The van der Waals surface area contributed by atoms with Gasteiger partial charge >= 0.3 is 0 Å². The highest BCUT2D eigenvalue weighted by atomic mass is 16.6. The van der Waals surface area contributed by atoms with Crippen molar-refractivity contribution < 1.29 is 20.1 Å². The Balaban J connectivity index is 2.63. The van der Waals surface area contributed by atoms with Crippen molar-refractivity contribution in [2.75, 3.05) is 0 Å². The molecule has 0 radical (unpaired) electrons. The van der Waals surface area contributed by atoms with Crippen LogP contribution in [0.25, 0.3) is 0 Å². The van der Waals surface area contributed by atoms with E-state index in [4.69, 9.17) is 9.84 Å². The first-order chi connectivity index (χ1) is 5.04. The fourth-order valence-electron chi connectivity index (χ4n) is 1.18. The number of hydrogen-bond donors (Lipinski definition) is 3. The first kappa shape index (κ1) is 8.93. The molecular weight excluding hydrogens is 148 g/mol. The zero-order chi connectivity index (χ0) is 8.59. The topological polar surface area (TPSA) is 69.9 Å². The molecule has 11 heavy (non-hydrogen) atoms. The quantitative estimate of drug-likeness (QED) is 0.431. The molecular formula is C7H14O4. The molecule has 4 nitrogen and oxygen atoms in total. The molecule has 1 aliphatic heterocycles. The molecule has 66 valence electrons. The highest BCUT2D eigenvalue weighted by molar-refractivity contribution is 4.84. The molecule has 3 N–H and O–H groups in total. The van der Waals surface area contributed by atoms with Crippen molar-refractivity contribution in [2.45, 2.75) is 38.4 Å². The van der Waals surface area contributed by atoms with E-state index in [1.807, 2.05) is 0 Å². The van der Waals surface area contributed by atoms with Crippen LogP contribution in [0.5, 0.6) is 0 Å². The molecule has 0 bridgehead atoms. The van der Waals surface area contributed by atoms with E-state index in [-0.39, 0.29) is 0 Å². The van der Waals surface area contributed by atoms with Gasteiger partial charge in [-0.15, -0.1) is 0 Å². The Morgan fingerprint density at radius 3 is 2.09 bits per heavy atom. The lowest BCUT2D eigenvalue weighted by Gasteiger charge is -2.37. The second-order valence-corrected chi connectivity index (χ2v) is 3.07. The van der Waals surface area contributed by atoms with Gasteiger partial charge in [0.05, 0.1) is 12.2 Å². The molecule has 0 amide bonds. The molecule has 0 spiro atoms. The fraction of sp³-hybridized carbons (Fsp3) is 1.00. The highest BCUT2D eigenvalue weighted by Gasteiger charge is 2.38. The fourth-order valence-corrected chi connectivity index (χ4v) is 1.18. The van der Waals surface area contributed by atoms with Gasteiger partial charge in [-0.25, -0.2) is 0 Å². The van der Waals surface area contributed by atoms with E-state index in [9.17, 15) is 10.2 Å². The van der Waals surface area contributed by atoms with E-state index in [0.29, 0.717) is 0 Å². The van der Waals surface area contributed by atoms with Gasteiger partial charge in [-0.1, -0.05) is 6.92 Å². The summed E-state index contributed by atoms with van der Waals surface area (Å²) < 4.78 is 4.93. The molecule has 1 unspecified atom stereocenters. The van der Waals surface area contributed by atoms with Crippen LogP contribution < -0.4 is 0 Å². The molecule has 0 aromatic heterocycles. The summed E-state index contributed by atoms with van der Waals surface area (Å²) in [6.45, 7) is 3.24. The summed E-state index contributed by atoms with van der Waals surface area (Å²) in [5.41, 5.74) is 0. The van der Waals surface area contributed by atoms with Gasteiger partial charge in [-0.05, 0) is 6.92 Å². The highest BCUT2D eigenvalue weighted by Crippen LogP contribution is 2.23. The molecule has 5 atom stereocenters. The number of aliphatic hydroxyl groups is 3. The molecule has 1 aliphatic rings. The molecule has 0 aromatic carbocycles. The molecule has 0 aromatic rings. The normalized spacial score (nSPS) is 52.6. The molecule has 1 fully saturated rings. The van der Waals surface area contributed by atoms with Gasteiger partial charge < -0.3 is 20.1 Å². The Hall–Kier alpha value is -0.160. The summed E-state index contributed by atoms with van der Waals surface area (Å²) in [5, 5.41) is 27.7. The van der Waals surface area contributed by atoms with Gasteiger partial charge in [-0.3, -0.25) is 0 Å². The van der Waals surface area contributed by atoms with Gasteiger partial charge in [0.1, 0.15) is 6.10 Å². The maximum atomic E-state index is 9.30. The monoisotopic (exact) mass is 162 g/mol. The third-order valence-electron chi connectivity index (χ3n) is 2.17. The number of hydrogen-bond acceptors (Lipinski definition) is 4. The van der Waals surface area contributed by atoms with Gasteiger partial charge in [0, 0.05) is 5.92 Å². The first-order valence-electron chi connectivity index (χ1n) is 3.73. The van der Waals surface area contributed by atoms with E-state index < -0.39 is 30.5 Å². The van der Waals surface area contributed by atoms with Crippen LogP contribution in [0.1, 0.15) is 13.8 Å². The van der Waals surface area contributed by atoms with Crippen molar-refractivity contribution in [2.24, 2.45) is 5.92 Å². The van der Waals surface area contributed by atoms with Crippen molar-refractivity contribution in [1.82, 2.24) is 0 Å². The van der Waals surface area contributed by atoms with Crippen molar-refractivity contribution in [3.05, 3.63) is 0 Å². The Morgan fingerprint density at radius 2 is 1.55 bits per heavy atom. The van der Waals surface area contributed by atoms with Crippen molar-refractivity contribution >= 4 is 0 Å². The van der Waals surface area contributed by atoms with Crippen LogP contribution in [0.4, 0.5) is 0 Å². The number of ether oxygens (including phenoxy) is 1. The second kappa shape index (κ2) is 3.06. The standard InChI is InChI=1S/C7H14O4/c1-3-5(8)6(9)4(2)11-7(3)10/h3-10H,1-2H3/t3-,4-,5-,6-,7?/m1/s1. The van der Waals surface area contributed by atoms with E-state index in [1.165, 1.54) is 0 Å². The molecule has 0 saturated carbocycles. The summed E-state index contributed by atoms with van der Waals surface area (Å²) in [5.74, 6) is -0.429. The van der Waals surface area contributed by atoms with Crippen LogP contribution in [0.15, 0.2) is 0 Å². The van der Waals surface area contributed by atoms with Crippen LogP contribution in [-0.2, 0) is 4.74 Å². The average molecular weight is 162 g/mol. The lowest BCUT2D eigenvalue weighted by molar-refractivity contribution is -0.255. The van der Waals surface area contributed by atoms with Crippen LogP contribution >= 0.6 is 0 Å². The summed E-state index contributed by atoms with van der Waals surface area (Å²) >= 11 is 0. The largest absolute Gasteiger partial charge is 0.390 e. The van der Waals surface area contributed by atoms with Crippen LogP contribution in [0.3, 0.4) is 0 Å². The minimum absolute atomic E-state index is 0.429. The lowest BCUT2D eigenvalue weighted by atomic mass is 9.93. The average Bonchev–Trinajstić information content (AvgIpc) is 1.97. The molecule has 1 heterocycles. The van der Waals surface area contributed by atoms with E-state index in [2.05, 4.69) is 0 Å². The van der Waals surface area contributed by atoms with E-state index >= 15 is 0 Å². The van der Waals surface area contributed by atoms with Crippen molar-refractivity contribution in [3.8, 4) is 0 Å². The number of aliphatic hydroxyl groups excluding tert-OH is 3. The second-order valence-electron chi connectivity index (χ2n) is 3.07. The van der Waals surface area contributed by atoms with Crippen molar-refractivity contribution in [3.63, 3.8) is 0 Å². The zero-order valence-electron chi connectivity index (χ0n) is 6.64. The van der Waals surface area contributed by atoms with Gasteiger partial charge in [0.15, 0.2) is 6.29 Å². The Labute approximate surface area is 65.4 Å². The molecule has 4 heteroatoms. The summed E-state index contributed by atoms with van der Waals surface area (Å²) in [6.07, 6.45) is -3.26. The SMILES string of the molecule is C[C@H]1OC(O)[C@H](C)[C@@H](O)[C@@H]1O. The Bertz CT molecular complexity index is 124. The maximum Gasteiger partial charge on any atom is 0.160 e. The predicted molar refractivity (Wildman–Crippen MR) is 37.7 cm³/mol. The third kappa shape index (κ3) is 1.54. The summed E-state index contributed by atoms with van der Waals surface area (Å²) in [4.78, 5) is 0. The van der Waals surface area contributed by atoms with Gasteiger partial charge in [-0.2, -0.15) is 0 Å². The Kier molecular flexibility index (Phi) is 2.49. The predicted octanol–water partition coefficient (Wildman–Crippen LogP) is -0.919. The van der Waals surface area contributed by atoms with Gasteiger partial charge in [0.2, 0.25) is 0 Å². The van der Waals surface area contributed by atoms with Crippen molar-refractivity contribution in [1.29, 1.82) is 0 Å². The third-order valence-corrected chi connectivity index (χ3v) is 2.17. The Morgan fingerprint density at radius 1 is 1.00 bits per heavy atom. The van der Waals surface area contributed by atoms with E-state index in [0.717, 1.165) is 0 Å². The lowest BCUT2D eigenvalue weighted by Crippen LogP contribution is -2.52. The molecule has 0 aliphatic carbocycles. The zero-order valence-corrected chi connectivity index (χ0v) is 6.64. The smallest absolute Gasteiger partial charge is 0.160 e. The first-order valence-corrected chi connectivity index (χ1v) is 3.73. The van der Waals surface area contributed by atoms with Crippen LogP contribution in [-0.4, -0.2) is 39.9 Å². The number of rotatable bonds is 0. The maximum absolute atomic E-state index is 9.30. The summed E-state index contributed by atoms with van der Waals surface area (Å²) in [6, 6.07) is 0. The minimum Gasteiger partial charge on any atom is -0.390 e. The van der Waals surface area contributed by atoms with E-state index in [1.54, 1.807) is 13.8 Å². The van der Waals surface area contributed by atoms with Gasteiger partial charge in [0.25, 0.3) is 0 Å². The van der Waals surface area contributed by atoms with Crippen LogP contribution in [0, 0.1) is 5.92 Å². The van der Waals surface area contributed by atoms with Crippen LogP contribution in [0.2, 0.25) is 0 Å². The summed E-state index contributed by atoms with van der Waals surface area (Å²) in [7, 11) is 0. The molecule has 1 rings (SSSR count). The molecule has 1 saturated heterocycles.